The quantitative estimate of drug-likeness (QED) is 0.858. The van der Waals surface area contributed by atoms with Crippen molar-refractivity contribution in [2.24, 2.45) is 5.73 Å². The number of benzene rings is 1. The maximum absolute atomic E-state index is 6.23. The Hall–Kier alpha value is -0.570. The second kappa shape index (κ2) is 5.17. The smallest absolute Gasteiger partial charge is 0.0453 e. The van der Waals surface area contributed by atoms with Crippen LogP contribution in [0, 0.1) is 6.92 Å². The van der Waals surface area contributed by atoms with Gasteiger partial charge in [-0.2, -0.15) is 0 Å². The summed E-state index contributed by atoms with van der Waals surface area (Å²) in [4.78, 5) is 2.39. The van der Waals surface area contributed by atoms with E-state index in [0.717, 1.165) is 31.1 Å². The topological polar surface area (TPSA) is 29.3 Å². The molecule has 0 saturated carbocycles. The van der Waals surface area contributed by atoms with E-state index in [4.69, 9.17) is 17.3 Å². The fourth-order valence-electron chi connectivity index (χ4n) is 2.26. The molecule has 3 heteroatoms. The van der Waals surface area contributed by atoms with E-state index in [0.29, 0.717) is 6.04 Å². The van der Waals surface area contributed by atoms with Gasteiger partial charge in [0.25, 0.3) is 0 Å². The summed E-state index contributed by atoms with van der Waals surface area (Å²) in [7, 11) is 0. The van der Waals surface area contributed by atoms with Crippen LogP contribution in [-0.2, 0) is 6.54 Å². The number of rotatable bonds is 2. The lowest BCUT2D eigenvalue weighted by atomic mass is 10.1. The second-order valence-electron chi connectivity index (χ2n) is 4.73. The summed E-state index contributed by atoms with van der Waals surface area (Å²) in [6.07, 6.45) is 2.35. The van der Waals surface area contributed by atoms with Gasteiger partial charge in [-0.25, -0.2) is 0 Å². The van der Waals surface area contributed by atoms with Crippen LogP contribution in [-0.4, -0.2) is 24.0 Å². The van der Waals surface area contributed by atoms with Gasteiger partial charge in [0.15, 0.2) is 0 Å². The number of hydrogen-bond donors (Lipinski definition) is 1. The van der Waals surface area contributed by atoms with E-state index in [1.807, 2.05) is 6.07 Å². The molecule has 0 radical (unpaired) electrons. The molecule has 1 heterocycles. The molecular weight excluding hydrogens is 220 g/mol. The van der Waals surface area contributed by atoms with E-state index in [2.05, 4.69) is 24.0 Å². The zero-order valence-electron chi connectivity index (χ0n) is 9.75. The Labute approximate surface area is 102 Å². The Morgan fingerprint density at radius 2 is 2.31 bits per heavy atom. The van der Waals surface area contributed by atoms with E-state index in [1.165, 1.54) is 17.5 Å². The normalized spacial score (nSPS) is 22.3. The van der Waals surface area contributed by atoms with Gasteiger partial charge < -0.3 is 5.73 Å². The largest absolute Gasteiger partial charge is 0.327 e. The van der Waals surface area contributed by atoms with Crippen LogP contribution >= 0.6 is 11.6 Å². The van der Waals surface area contributed by atoms with Crippen LogP contribution < -0.4 is 5.73 Å². The van der Waals surface area contributed by atoms with E-state index in [9.17, 15) is 0 Å². The molecule has 2 rings (SSSR count). The number of likely N-dealkylation sites (tertiary alicyclic amines) is 1. The highest BCUT2D eigenvalue weighted by Crippen LogP contribution is 2.20. The fraction of sp³-hybridized carbons (Fsp3) is 0.538. The first-order valence-electron chi connectivity index (χ1n) is 5.88. The van der Waals surface area contributed by atoms with Crippen LogP contribution in [0.5, 0.6) is 0 Å². The highest BCUT2D eigenvalue weighted by molar-refractivity contribution is 6.31. The second-order valence-corrected chi connectivity index (χ2v) is 5.14. The van der Waals surface area contributed by atoms with Crippen LogP contribution in [0.1, 0.15) is 24.0 Å². The van der Waals surface area contributed by atoms with Crippen molar-refractivity contribution in [3.05, 3.63) is 34.3 Å². The first kappa shape index (κ1) is 11.9. The zero-order valence-corrected chi connectivity index (χ0v) is 10.5. The summed E-state index contributed by atoms with van der Waals surface area (Å²) in [5.74, 6) is 0. The zero-order chi connectivity index (χ0) is 11.5. The monoisotopic (exact) mass is 238 g/mol. The van der Waals surface area contributed by atoms with Gasteiger partial charge in [0.2, 0.25) is 0 Å². The number of piperidine rings is 1. The predicted molar refractivity (Wildman–Crippen MR) is 68.7 cm³/mol. The minimum Gasteiger partial charge on any atom is -0.327 e. The Balaban J connectivity index is 2.02. The highest BCUT2D eigenvalue weighted by Gasteiger charge is 2.17. The van der Waals surface area contributed by atoms with Crippen molar-refractivity contribution < 1.29 is 0 Å². The minimum absolute atomic E-state index is 0.331. The van der Waals surface area contributed by atoms with Gasteiger partial charge in [0.1, 0.15) is 0 Å². The van der Waals surface area contributed by atoms with Crippen molar-refractivity contribution >= 4 is 11.6 Å². The van der Waals surface area contributed by atoms with Crippen molar-refractivity contribution in [3.8, 4) is 0 Å². The average molecular weight is 239 g/mol. The van der Waals surface area contributed by atoms with Crippen LogP contribution in [0.3, 0.4) is 0 Å². The van der Waals surface area contributed by atoms with Crippen LogP contribution in [0.4, 0.5) is 0 Å². The molecule has 1 aliphatic rings. The maximum atomic E-state index is 6.23. The van der Waals surface area contributed by atoms with Gasteiger partial charge in [0.05, 0.1) is 0 Å². The maximum Gasteiger partial charge on any atom is 0.0453 e. The molecule has 1 saturated heterocycles. The van der Waals surface area contributed by atoms with Crippen molar-refractivity contribution in [1.82, 2.24) is 4.90 Å². The first-order valence-corrected chi connectivity index (χ1v) is 6.26. The molecule has 88 valence electrons. The van der Waals surface area contributed by atoms with Crippen molar-refractivity contribution in [2.45, 2.75) is 32.4 Å². The van der Waals surface area contributed by atoms with Crippen LogP contribution in [0.2, 0.25) is 5.02 Å². The molecule has 2 N–H and O–H groups in total. The third-order valence-electron chi connectivity index (χ3n) is 3.14. The summed E-state index contributed by atoms with van der Waals surface area (Å²) in [6, 6.07) is 6.60. The molecule has 1 aliphatic heterocycles. The van der Waals surface area contributed by atoms with Crippen molar-refractivity contribution in [2.75, 3.05) is 13.1 Å². The van der Waals surface area contributed by atoms with Gasteiger partial charge in [-0.1, -0.05) is 23.7 Å². The molecular formula is C13H19ClN2. The SMILES string of the molecule is Cc1ccc(CN2CCCC(N)C2)c(Cl)c1. The molecule has 0 spiro atoms. The number of nitrogens with two attached hydrogens (primary N) is 1. The molecule has 16 heavy (non-hydrogen) atoms. The van der Waals surface area contributed by atoms with Gasteiger partial charge in [-0.05, 0) is 43.5 Å². The van der Waals surface area contributed by atoms with E-state index in [1.54, 1.807) is 0 Å². The summed E-state index contributed by atoms with van der Waals surface area (Å²) in [6.45, 7) is 5.11. The molecule has 0 aromatic heterocycles. The number of halogens is 1. The summed E-state index contributed by atoms with van der Waals surface area (Å²) in [5, 5.41) is 0.874. The van der Waals surface area contributed by atoms with Gasteiger partial charge in [0, 0.05) is 24.2 Å². The Morgan fingerprint density at radius 3 is 3.00 bits per heavy atom. The third kappa shape index (κ3) is 2.97. The van der Waals surface area contributed by atoms with Crippen molar-refractivity contribution in [1.29, 1.82) is 0 Å². The first-order chi connectivity index (χ1) is 7.65. The predicted octanol–water partition coefficient (Wildman–Crippen LogP) is 2.57. The number of hydrogen-bond acceptors (Lipinski definition) is 2. The summed E-state index contributed by atoms with van der Waals surface area (Å²) >= 11 is 6.23. The number of nitrogens with zero attached hydrogens (tertiary/aromatic N) is 1. The molecule has 0 bridgehead atoms. The summed E-state index contributed by atoms with van der Waals surface area (Å²) in [5.41, 5.74) is 8.39. The van der Waals surface area contributed by atoms with Crippen molar-refractivity contribution in [3.63, 3.8) is 0 Å². The molecule has 0 aliphatic carbocycles. The van der Waals surface area contributed by atoms with Gasteiger partial charge in [-0.15, -0.1) is 0 Å². The molecule has 1 aromatic rings. The molecule has 1 fully saturated rings. The fourth-order valence-corrected chi connectivity index (χ4v) is 2.55. The lowest BCUT2D eigenvalue weighted by Crippen LogP contribution is -2.42. The van der Waals surface area contributed by atoms with Gasteiger partial charge in [-0.3, -0.25) is 4.90 Å². The third-order valence-corrected chi connectivity index (χ3v) is 3.50. The summed E-state index contributed by atoms with van der Waals surface area (Å²) < 4.78 is 0. The van der Waals surface area contributed by atoms with E-state index < -0.39 is 0 Å². The highest BCUT2D eigenvalue weighted by atomic mass is 35.5. The van der Waals surface area contributed by atoms with Gasteiger partial charge >= 0.3 is 0 Å². The number of aryl methyl sites for hydroxylation is 1. The average Bonchev–Trinajstić information content (AvgIpc) is 2.22. The van der Waals surface area contributed by atoms with E-state index in [-0.39, 0.29) is 0 Å². The molecule has 0 amide bonds. The molecule has 1 unspecified atom stereocenters. The Kier molecular flexibility index (Phi) is 3.85. The molecule has 1 atom stereocenters. The van der Waals surface area contributed by atoms with Crippen LogP contribution in [0.15, 0.2) is 18.2 Å². The Bertz CT molecular complexity index is 365. The standard InChI is InChI=1S/C13H19ClN2/c1-10-4-5-11(13(14)7-10)8-16-6-2-3-12(15)9-16/h4-5,7,12H,2-3,6,8-9,15H2,1H3. The molecule has 1 aromatic carbocycles. The molecule has 2 nitrogen and oxygen atoms in total. The lowest BCUT2D eigenvalue weighted by molar-refractivity contribution is 0.201. The van der Waals surface area contributed by atoms with E-state index >= 15 is 0 Å². The van der Waals surface area contributed by atoms with Crippen LogP contribution in [0.25, 0.3) is 0 Å². The Morgan fingerprint density at radius 1 is 1.50 bits per heavy atom. The lowest BCUT2D eigenvalue weighted by Gasteiger charge is -2.30. The minimum atomic E-state index is 0.331.